The van der Waals surface area contributed by atoms with Crippen LogP contribution in [0.1, 0.15) is 25.0 Å². The Morgan fingerprint density at radius 1 is 0.978 bits per heavy atom. The SMILES string of the molecule is C[C@H](CO)N1C[C@H](C)[C@@H](CN(C)Cc2ccc(-c3ccccc3)cc2)Oc2ccc(NC(=O)Nc3ccc(F)cc3)cc2CC1=O. The molecule has 4 aromatic rings. The number of amides is 3. The number of carbonyl (C=O) groups excluding carboxylic acids is 2. The predicted octanol–water partition coefficient (Wildman–Crippen LogP) is 6.42. The van der Waals surface area contributed by atoms with Crippen molar-refractivity contribution in [3.8, 4) is 16.9 Å². The maximum Gasteiger partial charge on any atom is 0.323 e. The highest BCUT2D eigenvalue weighted by atomic mass is 19.1. The number of aliphatic hydroxyl groups excluding tert-OH is 1. The predicted molar refractivity (Wildman–Crippen MR) is 179 cm³/mol. The highest BCUT2D eigenvalue weighted by Crippen LogP contribution is 2.30. The van der Waals surface area contributed by atoms with Crippen molar-refractivity contribution >= 4 is 23.3 Å². The second-order valence-electron chi connectivity index (χ2n) is 12.1. The fraction of sp³-hybridized carbons (Fsp3) is 0.297. The number of carbonyl (C=O) groups is 2. The molecule has 3 amide bonds. The summed E-state index contributed by atoms with van der Waals surface area (Å²) in [6.07, 6.45) is -0.204. The molecule has 5 rings (SSSR count). The standard InChI is InChI=1S/C37H41FN4O4/c1-25-21-42(26(2)24-43)36(44)20-30-19-33(40-37(45)39-32-15-13-31(38)14-16-32)17-18-34(30)46-35(25)23-41(3)22-27-9-11-29(12-10-27)28-7-5-4-6-8-28/h4-19,25-26,35,43H,20-24H2,1-3H3,(H2,39,40,45)/t25-,26+,35+/m0/s1. The van der Waals surface area contributed by atoms with Gasteiger partial charge >= 0.3 is 6.03 Å². The zero-order valence-corrected chi connectivity index (χ0v) is 26.4. The van der Waals surface area contributed by atoms with Crippen LogP contribution in [-0.4, -0.2) is 65.7 Å². The van der Waals surface area contributed by atoms with E-state index in [0.717, 1.165) is 6.54 Å². The third kappa shape index (κ3) is 8.50. The summed E-state index contributed by atoms with van der Waals surface area (Å²) < 4.78 is 19.9. The number of halogens is 1. The number of hydrogen-bond donors (Lipinski definition) is 3. The molecule has 0 bridgehead atoms. The van der Waals surface area contributed by atoms with E-state index in [1.54, 1.807) is 23.1 Å². The molecule has 0 unspecified atom stereocenters. The Balaban J connectivity index is 1.32. The van der Waals surface area contributed by atoms with Crippen LogP contribution in [0.3, 0.4) is 0 Å². The summed E-state index contributed by atoms with van der Waals surface area (Å²) in [4.78, 5) is 30.1. The summed E-state index contributed by atoms with van der Waals surface area (Å²) >= 11 is 0. The van der Waals surface area contributed by atoms with Crippen LogP contribution in [0, 0.1) is 11.7 Å². The average molecular weight is 625 g/mol. The van der Waals surface area contributed by atoms with Crippen LogP contribution in [0.15, 0.2) is 97.1 Å². The summed E-state index contributed by atoms with van der Waals surface area (Å²) in [7, 11) is 2.06. The second-order valence-corrected chi connectivity index (χ2v) is 12.1. The summed E-state index contributed by atoms with van der Waals surface area (Å²) in [5.41, 5.74) is 5.09. The maximum absolute atomic E-state index is 13.5. The normalized spacial score (nSPS) is 17.3. The van der Waals surface area contributed by atoms with Gasteiger partial charge in [-0.3, -0.25) is 9.69 Å². The van der Waals surface area contributed by atoms with Crippen molar-refractivity contribution in [3.63, 3.8) is 0 Å². The van der Waals surface area contributed by atoms with Crippen molar-refractivity contribution in [2.45, 2.75) is 39.0 Å². The summed E-state index contributed by atoms with van der Waals surface area (Å²) in [6.45, 7) is 5.51. The van der Waals surface area contributed by atoms with Gasteiger partial charge in [-0.05, 0) is 73.1 Å². The lowest BCUT2D eigenvalue weighted by Gasteiger charge is -2.34. The van der Waals surface area contributed by atoms with E-state index in [0.29, 0.717) is 35.8 Å². The topological polar surface area (TPSA) is 94.1 Å². The van der Waals surface area contributed by atoms with Crippen molar-refractivity contribution in [2.75, 3.05) is 37.4 Å². The summed E-state index contributed by atoms with van der Waals surface area (Å²) in [5, 5.41) is 15.4. The van der Waals surface area contributed by atoms with Gasteiger partial charge in [0.2, 0.25) is 5.91 Å². The van der Waals surface area contributed by atoms with Crippen LogP contribution in [0.25, 0.3) is 11.1 Å². The molecule has 9 heteroatoms. The van der Waals surface area contributed by atoms with Gasteiger partial charge in [0.25, 0.3) is 0 Å². The third-order valence-electron chi connectivity index (χ3n) is 8.28. The molecule has 1 aliphatic heterocycles. The van der Waals surface area contributed by atoms with E-state index in [1.807, 2.05) is 25.1 Å². The number of nitrogens with one attached hydrogen (secondary N) is 2. The smallest absolute Gasteiger partial charge is 0.323 e. The largest absolute Gasteiger partial charge is 0.488 e. The third-order valence-corrected chi connectivity index (χ3v) is 8.28. The Hall–Kier alpha value is -4.73. The second kappa shape index (κ2) is 15.0. The zero-order valence-electron chi connectivity index (χ0n) is 26.4. The quantitative estimate of drug-likeness (QED) is 0.200. The van der Waals surface area contributed by atoms with Crippen LogP contribution in [0.2, 0.25) is 0 Å². The van der Waals surface area contributed by atoms with Crippen LogP contribution >= 0.6 is 0 Å². The first kappa shape index (κ1) is 32.7. The molecule has 0 saturated heterocycles. The molecule has 1 aliphatic rings. The monoisotopic (exact) mass is 624 g/mol. The summed E-state index contributed by atoms with van der Waals surface area (Å²) in [6, 6.07) is 28.7. The zero-order chi connectivity index (χ0) is 32.6. The highest BCUT2D eigenvalue weighted by molar-refractivity contribution is 6.00. The van der Waals surface area contributed by atoms with Crippen LogP contribution in [0.4, 0.5) is 20.6 Å². The van der Waals surface area contributed by atoms with E-state index in [9.17, 15) is 19.1 Å². The number of fused-ring (bicyclic) bond motifs is 1. The number of benzene rings is 4. The number of nitrogens with zero attached hydrogens (tertiary/aromatic N) is 2. The first-order valence-electron chi connectivity index (χ1n) is 15.5. The molecule has 240 valence electrons. The Bertz CT molecular complexity index is 1620. The minimum absolute atomic E-state index is 0.0360. The fourth-order valence-corrected chi connectivity index (χ4v) is 5.67. The maximum atomic E-state index is 13.5. The average Bonchev–Trinajstić information content (AvgIpc) is 3.09. The molecule has 46 heavy (non-hydrogen) atoms. The van der Waals surface area contributed by atoms with Gasteiger partial charge in [-0.25, -0.2) is 9.18 Å². The number of rotatable bonds is 9. The fourth-order valence-electron chi connectivity index (χ4n) is 5.67. The molecule has 0 aliphatic carbocycles. The van der Waals surface area contributed by atoms with Gasteiger partial charge in [0.05, 0.1) is 19.1 Å². The highest BCUT2D eigenvalue weighted by Gasteiger charge is 2.31. The first-order chi connectivity index (χ1) is 22.2. The van der Waals surface area contributed by atoms with E-state index < -0.39 is 11.8 Å². The van der Waals surface area contributed by atoms with Crippen molar-refractivity contribution < 1.29 is 23.8 Å². The van der Waals surface area contributed by atoms with Crippen molar-refractivity contribution in [1.82, 2.24) is 9.80 Å². The lowest BCUT2D eigenvalue weighted by atomic mass is 10.0. The Morgan fingerprint density at radius 3 is 2.33 bits per heavy atom. The van der Waals surface area contributed by atoms with Gasteiger partial charge < -0.3 is 25.4 Å². The molecule has 3 N–H and O–H groups in total. The van der Waals surface area contributed by atoms with Crippen molar-refractivity contribution in [3.05, 3.63) is 114 Å². The molecule has 0 aromatic heterocycles. The van der Waals surface area contributed by atoms with Crippen LogP contribution in [0.5, 0.6) is 5.75 Å². The lowest BCUT2D eigenvalue weighted by Crippen LogP contribution is -2.47. The van der Waals surface area contributed by atoms with Gasteiger partial charge in [0, 0.05) is 42.5 Å². The molecule has 0 saturated carbocycles. The number of likely N-dealkylation sites (N-methyl/N-ethyl adjacent to an activating group) is 1. The van der Waals surface area contributed by atoms with Crippen molar-refractivity contribution in [1.29, 1.82) is 0 Å². The van der Waals surface area contributed by atoms with Gasteiger partial charge in [0.1, 0.15) is 17.7 Å². The molecule has 0 spiro atoms. The van der Waals surface area contributed by atoms with Crippen LogP contribution < -0.4 is 15.4 Å². The molecule has 0 fully saturated rings. The van der Waals surface area contributed by atoms with E-state index in [2.05, 4.69) is 65.9 Å². The number of aliphatic hydroxyl groups is 1. The number of anilines is 2. The Labute approximate surface area is 269 Å². The molecule has 4 aromatic carbocycles. The van der Waals surface area contributed by atoms with E-state index in [1.165, 1.54) is 41.0 Å². The van der Waals surface area contributed by atoms with Crippen molar-refractivity contribution in [2.24, 2.45) is 5.92 Å². The van der Waals surface area contributed by atoms with E-state index in [-0.39, 0.29) is 37.0 Å². The minimum atomic E-state index is -0.498. The molecule has 3 atom stereocenters. The molecular weight excluding hydrogens is 583 g/mol. The molecule has 0 radical (unpaired) electrons. The number of ether oxygens (including phenoxy) is 1. The first-order valence-corrected chi connectivity index (χ1v) is 15.5. The lowest BCUT2D eigenvalue weighted by molar-refractivity contribution is -0.134. The molecular formula is C37H41FN4O4. The Morgan fingerprint density at radius 2 is 1.63 bits per heavy atom. The van der Waals surface area contributed by atoms with Gasteiger partial charge in [-0.2, -0.15) is 0 Å². The number of urea groups is 1. The molecule has 8 nitrogen and oxygen atoms in total. The molecule has 1 heterocycles. The van der Waals surface area contributed by atoms with Crippen LogP contribution in [-0.2, 0) is 17.8 Å². The Kier molecular flexibility index (Phi) is 10.7. The van der Waals surface area contributed by atoms with E-state index in [4.69, 9.17) is 4.74 Å². The van der Waals surface area contributed by atoms with Gasteiger partial charge in [-0.15, -0.1) is 0 Å². The summed E-state index contributed by atoms with van der Waals surface area (Å²) in [5.74, 6) is 0.0210. The van der Waals surface area contributed by atoms with E-state index >= 15 is 0 Å². The minimum Gasteiger partial charge on any atom is -0.488 e. The number of hydrogen-bond acceptors (Lipinski definition) is 5. The van der Waals surface area contributed by atoms with Gasteiger partial charge in [-0.1, -0.05) is 61.5 Å². The van der Waals surface area contributed by atoms with Gasteiger partial charge in [0.15, 0.2) is 0 Å².